The number of aromatic hydroxyl groups is 1. The lowest BCUT2D eigenvalue weighted by Crippen LogP contribution is -2.14. The minimum absolute atomic E-state index is 0.0526. The molecule has 1 aromatic carbocycles. The predicted octanol–water partition coefficient (Wildman–Crippen LogP) is 2.30. The van der Waals surface area contributed by atoms with E-state index in [1.165, 1.54) is 20.1 Å². The minimum Gasteiger partial charge on any atom is -0.504 e. The highest BCUT2D eigenvalue weighted by molar-refractivity contribution is 7.20. The average Bonchev–Trinajstić information content (AvgIpc) is 2.80. The Hall–Kier alpha value is -2.15. The van der Waals surface area contributed by atoms with Gasteiger partial charge in [0.05, 0.1) is 23.2 Å². The fourth-order valence-corrected chi connectivity index (χ4v) is 2.60. The Morgan fingerprint density at radius 1 is 1.45 bits per heavy atom. The molecule has 0 saturated carbocycles. The molecule has 0 aliphatic heterocycles. The first-order chi connectivity index (χ1) is 9.42. The number of phenolic OH excluding ortho intramolecular Hbond substituents is 1. The molecule has 2 rings (SSSR count). The van der Waals surface area contributed by atoms with E-state index in [0.29, 0.717) is 16.0 Å². The van der Waals surface area contributed by atoms with E-state index >= 15 is 0 Å². The third kappa shape index (κ3) is 2.72. The summed E-state index contributed by atoms with van der Waals surface area (Å²) in [6.07, 6.45) is -0.0989. The van der Waals surface area contributed by atoms with Gasteiger partial charge < -0.3 is 14.9 Å². The second kappa shape index (κ2) is 5.46. The fourth-order valence-electron chi connectivity index (χ4n) is 1.68. The third-order valence-corrected chi connectivity index (χ3v) is 3.90. The Kier molecular flexibility index (Phi) is 3.89. The molecule has 0 amide bonds. The Morgan fingerprint density at radius 3 is 2.75 bits per heavy atom. The Balaban J connectivity index is 2.32. The zero-order valence-electron chi connectivity index (χ0n) is 10.9. The number of Topliss-reactive ketones (excluding diaryl/α,β-unsaturated/α-hetero) is 1. The zero-order chi connectivity index (χ0) is 14.9. The summed E-state index contributed by atoms with van der Waals surface area (Å²) in [5, 5.41) is 18.7. The van der Waals surface area contributed by atoms with E-state index in [4.69, 9.17) is 9.84 Å². The van der Waals surface area contributed by atoms with Gasteiger partial charge in [-0.15, -0.1) is 11.3 Å². The summed E-state index contributed by atoms with van der Waals surface area (Å²) < 4.78 is 5.69. The van der Waals surface area contributed by atoms with Gasteiger partial charge in [-0.1, -0.05) is 6.92 Å². The number of benzene rings is 1. The molecule has 1 heterocycles. The molecule has 106 valence electrons. The molecule has 6 nitrogen and oxygen atoms in total. The van der Waals surface area contributed by atoms with Crippen LogP contribution in [0.4, 0.5) is 0 Å². The van der Waals surface area contributed by atoms with Gasteiger partial charge in [-0.3, -0.25) is 9.59 Å². The maximum Gasteiger partial charge on any atom is 0.306 e. The molecule has 0 aliphatic carbocycles. The van der Waals surface area contributed by atoms with Crippen molar-refractivity contribution >= 4 is 33.3 Å². The number of ketones is 1. The number of phenols is 1. The third-order valence-electron chi connectivity index (χ3n) is 2.84. The summed E-state index contributed by atoms with van der Waals surface area (Å²) in [7, 11) is 1.43. The van der Waals surface area contributed by atoms with Gasteiger partial charge in [0.15, 0.2) is 22.3 Å². The lowest BCUT2D eigenvalue weighted by atomic mass is 10.1. The molecule has 1 unspecified atom stereocenters. The fraction of sp³-hybridized carbons (Fsp3) is 0.308. The average molecular weight is 295 g/mol. The lowest BCUT2D eigenvalue weighted by molar-refractivity contribution is -0.141. The van der Waals surface area contributed by atoms with Crippen molar-refractivity contribution in [3.05, 3.63) is 17.1 Å². The van der Waals surface area contributed by atoms with Gasteiger partial charge >= 0.3 is 5.97 Å². The minimum atomic E-state index is -1.02. The molecule has 0 spiro atoms. The van der Waals surface area contributed by atoms with Crippen LogP contribution in [0.2, 0.25) is 0 Å². The summed E-state index contributed by atoms with van der Waals surface area (Å²) in [5.41, 5.74) is 0.486. The number of nitrogens with zero attached hydrogens (tertiary/aromatic N) is 1. The molecular formula is C13H13NO5S. The Bertz CT molecular complexity index is 679. The number of carbonyl (C=O) groups excluding carboxylic acids is 1. The first-order valence-corrected chi connectivity index (χ1v) is 6.67. The standard InChI is InChI=1S/C13H13NO5S/c1-6(13(17)18)3-9(16)12-14-7-4-8(15)10(19-2)5-11(7)20-12/h4-6,15H,3H2,1-2H3,(H,17,18). The first-order valence-electron chi connectivity index (χ1n) is 5.86. The summed E-state index contributed by atoms with van der Waals surface area (Å²) in [6.45, 7) is 1.47. The van der Waals surface area contributed by atoms with Gasteiger partial charge in [0.1, 0.15) is 0 Å². The molecule has 0 bridgehead atoms. The van der Waals surface area contributed by atoms with Crippen molar-refractivity contribution < 1.29 is 24.5 Å². The highest BCUT2D eigenvalue weighted by atomic mass is 32.1. The number of hydrogen-bond donors (Lipinski definition) is 2. The number of carbonyl (C=O) groups is 2. The summed E-state index contributed by atoms with van der Waals surface area (Å²) >= 11 is 1.15. The van der Waals surface area contributed by atoms with Crippen LogP contribution in [0.5, 0.6) is 11.5 Å². The van der Waals surface area contributed by atoms with E-state index in [2.05, 4.69) is 4.98 Å². The van der Waals surface area contributed by atoms with Gasteiger partial charge in [-0.05, 0) is 0 Å². The summed E-state index contributed by atoms with van der Waals surface area (Å²) in [4.78, 5) is 26.8. The maximum absolute atomic E-state index is 12.0. The number of ether oxygens (including phenoxy) is 1. The van der Waals surface area contributed by atoms with Crippen LogP contribution in [0, 0.1) is 5.92 Å². The molecule has 20 heavy (non-hydrogen) atoms. The molecule has 2 N–H and O–H groups in total. The molecule has 0 saturated heterocycles. The van der Waals surface area contributed by atoms with E-state index in [1.807, 2.05) is 0 Å². The van der Waals surface area contributed by atoms with Gasteiger partial charge in [-0.25, -0.2) is 4.98 Å². The molecule has 1 atom stereocenters. The molecule has 1 aromatic heterocycles. The second-order valence-electron chi connectivity index (χ2n) is 4.38. The van der Waals surface area contributed by atoms with Crippen LogP contribution >= 0.6 is 11.3 Å². The van der Waals surface area contributed by atoms with Crippen molar-refractivity contribution in [3.8, 4) is 11.5 Å². The van der Waals surface area contributed by atoms with Crippen molar-refractivity contribution in [2.75, 3.05) is 7.11 Å². The number of carboxylic acid groups (broad SMARTS) is 1. The van der Waals surface area contributed by atoms with E-state index < -0.39 is 11.9 Å². The van der Waals surface area contributed by atoms with E-state index in [-0.39, 0.29) is 23.0 Å². The number of methoxy groups -OCH3 is 1. The van der Waals surface area contributed by atoms with E-state index in [9.17, 15) is 14.7 Å². The Labute approximate surface area is 118 Å². The molecule has 7 heteroatoms. The Morgan fingerprint density at radius 2 is 2.15 bits per heavy atom. The van der Waals surface area contributed by atoms with Crippen molar-refractivity contribution in [3.63, 3.8) is 0 Å². The highest BCUT2D eigenvalue weighted by Crippen LogP contribution is 2.34. The van der Waals surface area contributed by atoms with Crippen molar-refractivity contribution in [2.45, 2.75) is 13.3 Å². The van der Waals surface area contributed by atoms with Crippen LogP contribution in [0.1, 0.15) is 23.1 Å². The normalized spacial score (nSPS) is 12.3. The smallest absolute Gasteiger partial charge is 0.306 e. The number of aliphatic carboxylic acids is 1. The number of fused-ring (bicyclic) bond motifs is 1. The first kappa shape index (κ1) is 14.3. The van der Waals surface area contributed by atoms with Crippen LogP contribution in [-0.2, 0) is 4.79 Å². The SMILES string of the molecule is COc1cc2sc(C(=O)CC(C)C(=O)O)nc2cc1O. The van der Waals surface area contributed by atoms with Gasteiger partial charge in [-0.2, -0.15) is 0 Å². The molecule has 0 radical (unpaired) electrons. The van der Waals surface area contributed by atoms with Crippen LogP contribution in [0.25, 0.3) is 10.2 Å². The van der Waals surface area contributed by atoms with Crippen molar-refractivity contribution in [1.29, 1.82) is 0 Å². The van der Waals surface area contributed by atoms with Gasteiger partial charge in [0, 0.05) is 18.6 Å². The van der Waals surface area contributed by atoms with Crippen LogP contribution < -0.4 is 4.74 Å². The predicted molar refractivity (Wildman–Crippen MR) is 73.6 cm³/mol. The number of aromatic nitrogens is 1. The van der Waals surface area contributed by atoms with E-state index in [0.717, 1.165) is 11.3 Å². The highest BCUT2D eigenvalue weighted by Gasteiger charge is 2.20. The van der Waals surface area contributed by atoms with Crippen LogP contribution in [0.15, 0.2) is 12.1 Å². The second-order valence-corrected chi connectivity index (χ2v) is 5.41. The largest absolute Gasteiger partial charge is 0.504 e. The number of carboxylic acids is 1. The quantitative estimate of drug-likeness (QED) is 0.822. The number of thiazole rings is 1. The van der Waals surface area contributed by atoms with Crippen LogP contribution in [-0.4, -0.2) is 34.1 Å². The van der Waals surface area contributed by atoms with Crippen molar-refractivity contribution in [2.24, 2.45) is 5.92 Å². The molecule has 0 fully saturated rings. The lowest BCUT2D eigenvalue weighted by Gasteiger charge is -2.01. The topological polar surface area (TPSA) is 96.7 Å². The van der Waals surface area contributed by atoms with Crippen molar-refractivity contribution in [1.82, 2.24) is 4.98 Å². The molecule has 2 aromatic rings. The van der Waals surface area contributed by atoms with E-state index in [1.54, 1.807) is 6.07 Å². The van der Waals surface area contributed by atoms with Crippen LogP contribution in [0.3, 0.4) is 0 Å². The molecular weight excluding hydrogens is 282 g/mol. The molecule has 0 aliphatic rings. The number of rotatable bonds is 5. The zero-order valence-corrected chi connectivity index (χ0v) is 11.7. The van der Waals surface area contributed by atoms with Gasteiger partial charge in [0.25, 0.3) is 0 Å². The summed E-state index contributed by atoms with van der Waals surface area (Å²) in [6, 6.07) is 3.02. The summed E-state index contributed by atoms with van der Waals surface area (Å²) in [5.74, 6) is -1.84. The number of hydrogen-bond acceptors (Lipinski definition) is 6. The monoisotopic (exact) mass is 295 g/mol. The maximum atomic E-state index is 12.0. The van der Waals surface area contributed by atoms with Gasteiger partial charge in [0.2, 0.25) is 0 Å².